The molecule has 0 aliphatic heterocycles. The molecule has 0 fully saturated rings. The van der Waals surface area contributed by atoms with Gasteiger partial charge in [-0.25, -0.2) is 4.98 Å². The van der Waals surface area contributed by atoms with E-state index >= 15 is 0 Å². The monoisotopic (exact) mass is 232 g/mol. The van der Waals surface area contributed by atoms with Gasteiger partial charge in [0.25, 0.3) is 0 Å². The van der Waals surface area contributed by atoms with Crippen molar-refractivity contribution in [1.29, 1.82) is 0 Å². The fourth-order valence-corrected chi connectivity index (χ4v) is 2.59. The fourth-order valence-electron chi connectivity index (χ4n) is 1.18. The van der Waals surface area contributed by atoms with Crippen LogP contribution in [0.5, 0.6) is 0 Å². The van der Waals surface area contributed by atoms with Gasteiger partial charge in [0.1, 0.15) is 5.15 Å². The molecule has 2 aromatic rings. The number of nitrogens with two attached hydrogens (primary N) is 1. The Hall–Kier alpha value is -0.350. The molecule has 0 bridgehead atoms. The average Bonchev–Trinajstić information content (AvgIpc) is 2.48. The first kappa shape index (κ1) is 9.21. The first-order chi connectivity index (χ1) is 6.22. The van der Waals surface area contributed by atoms with Gasteiger partial charge >= 0.3 is 0 Å². The summed E-state index contributed by atoms with van der Waals surface area (Å²) < 4.78 is 1.62. The van der Waals surface area contributed by atoms with Gasteiger partial charge in [0.05, 0.1) is 9.04 Å². The molecular weight excluding hydrogens is 227 g/mol. The van der Waals surface area contributed by atoms with Crippen molar-refractivity contribution >= 4 is 44.6 Å². The van der Waals surface area contributed by atoms with Gasteiger partial charge in [0.2, 0.25) is 0 Å². The van der Waals surface area contributed by atoms with Gasteiger partial charge in [0, 0.05) is 18.1 Å². The van der Waals surface area contributed by atoms with E-state index < -0.39 is 0 Å². The summed E-state index contributed by atoms with van der Waals surface area (Å²) >= 11 is 13.2. The molecule has 68 valence electrons. The second-order valence-electron chi connectivity index (χ2n) is 2.57. The zero-order chi connectivity index (χ0) is 9.42. The summed E-state index contributed by atoms with van der Waals surface area (Å²) in [4.78, 5) is 4.03. The third-order valence-electron chi connectivity index (χ3n) is 1.79. The predicted molar refractivity (Wildman–Crippen MR) is 57.5 cm³/mol. The average molecular weight is 233 g/mol. The van der Waals surface area contributed by atoms with E-state index in [2.05, 4.69) is 4.98 Å². The molecule has 2 rings (SSSR count). The molecule has 0 aliphatic carbocycles. The van der Waals surface area contributed by atoms with E-state index in [0.29, 0.717) is 16.0 Å². The maximum absolute atomic E-state index is 5.90. The van der Waals surface area contributed by atoms with Crippen LogP contribution in [0, 0.1) is 0 Å². The van der Waals surface area contributed by atoms with Crippen LogP contribution in [0.2, 0.25) is 9.49 Å². The summed E-state index contributed by atoms with van der Waals surface area (Å²) in [6, 6.07) is 1.87. The van der Waals surface area contributed by atoms with Crippen LogP contribution in [0.3, 0.4) is 0 Å². The van der Waals surface area contributed by atoms with Crippen LogP contribution in [0.1, 0.15) is 5.56 Å². The van der Waals surface area contributed by atoms with Gasteiger partial charge < -0.3 is 5.73 Å². The lowest BCUT2D eigenvalue weighted by atomic mass is 10.2. The molecule has 0 aliphatic rings. The number of aromatic nitrogens is 1. The van der Waals surface area contributed by atoms with E-state index in [0.717, 1.165) is 15.6 Å². The first-order valence-corrected chi connectivity index (χ1v) is 5.22. The van der Waals surface area contributed by atoms with Crippen molar-refractivity contribution in [3.05, 3.63) is 27.3 Å². The Balaban J connectivity index is 2.83. The summed E-state index contributed by atoms with van der Waals surface area (Å²) in [5, 5.41) is 1.50. The molecule has 0 saturated heterocycles. The summed E-state index contributed by atoms with van der Waals surface area (Å²) in [6.07, 6.45) is 1.69. The van der Waals surface area contributed by atoms with Crippen LogP contribution in [-0.4, -0.2) is 4.98 Å². The van der Waals surface area contributed by atoms with Crippen molar-refractivity contribution in [2.75, 3.05) is 0 Å². The molecular formula is C8H6Cl2N2S. The van der Waals surface area contributed by atoms with E-state index in [9.17, 15) is 0 Å². The van der Waals surface area contributed by atoms with Crippen LogP contribution in [0.25, 0.3) is 10.1 Å². The fraction of sp³-hybridized carbons (Fsp3) is 0.125. The van der Waals surface area contributed by atoms with Crippen molar-refractivity contribution in [3.8, 4) is 0 Å². The molecule has 13 heavy (non-hydrogen) atoms. The maximum Gasteiger partial charge on any atom is 0.146 e. The Morgan fingerprint density at radius 2 is 2.23 bits per heavy atom. The SMILES string of the molecule is NCc1cnc(Cl)c2sc(Cl)cc12. The van der Waals surface area contributed by atoms with Crippen molar-refractivity contribution in [1.82, 2.24) is 4.98 Å². The predicted octanol–water partition coefficient (Wildman–Crippen LogP) is 3.06. The minimum Gasteiger partial charge on any atom is -0.326 e. The Bertz CT molecular complexity index is 453. The number of fused-ring (bicyclic) bond motifs is 1. The summed E-state index contributed by atoms with van der Waals surface area (Å²) in [6.45, 7) is 0.452. The highest BCUT2D eigenvalue weighted by Gasteiger charge is 2.08. The number of pyridine rings is 1. The Labute approximate surface area is 89.3 Å². The molecule has 0 spiro atoms. The van der Waals surface area contributed by atoms with Crippen LogP contribution >= 0.6 is 34.5 Å². The van der Waals surface area contributed by atoms with Gasteiger partial charge in [-0.1, -0.05) is 23.2 Å². The smallest absolute Gasteiger partial charge is 0.146 e. The molecule has 0 unspecified atom stereocenters. The number of rotatable bonds is 1. The lowest BCUT2D eigenvalue weighted by Gasteiger charge is -1.98. The molecule has 0 radical (unpaired) electrons. The van der Waals surface area contributed by atoms with E-state index in [4.69, 9.17) is 28.9 Å². The van der Waals surface area contributed by atoms with E-state index in [1.807, 2.05) is 6.07 Å². The van der Waals surface area contributed by atoms with Crippen molar-refractivity contribution < 1.29 is 0 Å². The largest absolute Gasteiger partial charge is 0.326 e. The molecule has 2 N–H and O–H groups in total. The molecule has 0 saturated carbocycles. The number of hydrogen-bond donors (Lipinski definition) is 1. The zero-order valence-electron chi connectivity index (χ0n) is 6.55. The van der Waals surface area contributed by atoms with E-state index in [-0.39, 0.29) is 0 Å². The Kier molecular flexibility index (Phi) is 2.43. The lowest BCUT2D eigenvalue weighted by molar-refractivity contribution is 1.07. The standard InChI is InChI=1S/C8H6Cl2N2S/c9-6-1-5-4(2-11)3-12-8(10)7(5)13-6/h1,3H,2,11H2. The van der Waals surface area contributed by atoms with Gasteiger partial charge in [-0.2, -0.15) is 0 Å². The number of hydrogen-bond acceptors (Lipinski definition) is 3. The summed E-state index contributed by atoms with van der Waals surface area (Å²) in [5.74, 6) is 0. The second-order valence-corrected chi connectivity index (χ2v) is 4.61. The molecule has 2 heterocycles. The maximum atomic E-state index is 5.90. The normalized spacial score (nSPS) is 11.0. The molecule has 0 amide bonds. The lowest BCUT2D eigenvalue weighted by Crippen LogP contribution is -1.97. The highest BCUT2D eigenvalue weighted by molar-refractivity contribution is 7.23. The van der Waals surface area contributed by atoms with Crippen molar-refractivity contribution in [2.45, 2.75) is 6.54 Å². The van der Waals surface area contributed by atoms with Crippen molar-refractivity contribution in [2.24, 2.45) is 5.73 Å². The van der Waals surface area contributed by atoms with Gasteiger partial charge in [-0.3, -0.25) is 0 Å². The van der Waals surface area contributed by atoms with Gasteiger partial charge in [0.15, 0.2) is 0 Å². The highest BCUT2D eigenvalue weighted by Crippen LogP contribution is 2.34. The first-order valence-electron chi connectivity index (χ1n) is 3.65. The van der Waals surface area contributed by atoms with Crippen molar-refractivity contribution in [3.63, 3.8) is 0 Å². The summed E-state index contributed by atoms with van der Waals surface area (Å²) in [7, 11) is 0. The topological polar surface area (TPSA) is 38.9 Å². The van der Waals surface area contributed by atoms with E-state index in [1.54, 1.807) is 6.20 Å². The zero-order valence-corrected chi connectivity index (χ0v) is 8.88. The molecule has 2 nitrogen and oxygen atoms in total. The summed E-state index contributed by atoms with van der Waals surface area (Å²) in [5.41, 5.74) is 6.53. The van der Waals surface area contributed by atoms with Crippen LogP contribution in [0.4, 0.5) is 0 Å². The number of nitrogens with zero attached hydrogens (tertiary/aromatic N) is 1. The molecule has 0 atom stereocenters. The Morgan fingerprint density at radius 1 is 1.46 bits per heavy atom. The van der Waals surface area contributed by atoms with Crippen LogP contribution in [-0.2, 0) is 6.54 Å². The minimum absolute atomic E-state index is 0.452. The minimum atomic E-state index is 0.452. The molecule has 0 aromatic carbocycles. The van der Waals surface area contributed by atoms with Gasteiger partial charge in [-0.05, 0) is 11.6 Å². The highest BCUT2D eigenvalue weighted by atomic mass is 35.5. The quantitative estimate of drug-likeness (QED) is 0.768. The van der Waals surface area contributed by atoms with E-state index in [1.165, 1.54) is 11.3 Å². The molecule has 5 heteroatoms. The number of thiophene rings is 1. The third kappa shape index (κ3) is 1.53. The third-order valence-corrected chi connectivity index (χ3v) is 3.46. The Morgan fingerprint density at radius 3 is 2.92 bits per heavy atom. The van der Waals surface area contributed by atoms with Crippen LogP contribution < -0.4 is 5.73 Å². The number of halogens is 2. The van der Waals surface area contributed by atoms with Gasteiger partial charge in [-0.15, -0.1) is 11.3 Å². The second kappa shape index (κ2) is 3.42. The molecule has 2 aromatic heterocycles. The van der Waals surface area contributed by atoms with Crippen LogP contribution in [0.15, 0.2) is 12.3 Å².